The van der Waals surface area contributed by atoms with Crippen LogP contribution in [-0.4, -0.2) is 44.3 Å². The van der Waals surface area contributed by atoms with E-state index < -0.39 is 0 Å². The molecule has 0 radical (unpaired) electrons. The van der Waals surface area contributed by atoms with Gasteiger partial charge in [-0.15, -0.1) is 0 Å². The van der Waals surface area contributed by atoms with Crippen molar-refractivity contribution >= 4 is 17.9 Å². The molecule has 0 N–H and O–H groups in total. The Morgan fingerprint density at radius 2 is 1.24 bits per heavy atom. The summed E-state index contributed by atoms with van der Waals surface area (Å²) in [6.45, 7) is 6.30. The minimum Gasteiger partial charge on any atom is -0.493 e. The van der Waals surface area contributed by atoms with E-state index in [1.165, 1.54) is 13.8 Å². The quantitative estimate of drug-likeness (QED) is 0.261. The second kappa shape index (κ2) is 14.4. The van der Waals surface area contributed by atoms with E-state index in [0.29, 0.717) is 37.7 Å². The minimum absolute atomic E-state index is 0.262. The minimum atomic E-state index is -0.366. The van der Waals surface area contributed by atoms with Crippen LogP contribution in [0.15, 0.2) is 18.2 Å². The lowest BCUT2D eigenvalue weighted by molar-refractivity contribution is -0.142. The third kappa shape index (κ3) is 11.1. The van der Waals surface area contributed by atoms with E-state index in [1.807, 2.05) is 13.0 Å². The van der Waals surface area contributed by atoms with Crippen LogP contribution in [0.1, 0.15) is 68.3 Å². The lowest BCUT2D eigenvalue weighted by Gasteiger charge is -2.12. The van der Waals surface area contributed by atoms with Crippen LogP contribution in [0.3, 0.4) is 0 Å². The predicted octanol–water partition coefficient (Wildman–Crippen LogP) is 4.00. The molecule has 162 valence electrons. The van der Waals surface area contributed by atoms with Crippen molar-refractivity contribution < 1.29 is 33.3 Å². The Balaban J connectivity index is 2.29. The van der Waals surface area contributed by atoms with Gasteiger partial charge in [0.1, 0.15) is 5.75 Å². The summed E-state index contributed by atoms with van der Waals surface area (Å²) in [5.74, 6) is -0.242. The number of rotatable bonds is 14. The van der Waals surface area contributed by atoms with Gasteiger partial charge in [-0.2, -0.15) is 0 Å². The van der Waals surface area contributed by atoms with Gasteiger partial charge < -0.3 is 18.9 Å². The summed E-state index contributed by atoms with van der Waals surface area (Å²) in [5.41, 5.74) is 1.25. The number of esters is 3. The summed E-state index contributed by atoms with van der Waals surface area (Å²) in [4.78, 5) is 33.7. The van der Waals surface area contributed by atoms with Crippen LogP contribution in [-0.2, 0) is 23.8 Å². The Morgan fingerprint density at radius 3 is 1.79 bits per heavy atom. The fourth-order valence-electron chi connectivity index (χ4n) is 2.61. The van der Waals surface area contributed by atoms with Crippen LogP contribution in [0, 0.1) is 6.92 Å². The van der Waals surface area contributed by atoms with Crippen molar-refractivity contribution in [2.75, 3.05) is 26.4 Å². The van der Waals surface area contributed by atoms with E-state index in [2.05, 4.69) is 0 Å². The van der Waals surface area contributed by atoms with Crippen LogP contribution in [0.4, 0.5) is 0 Å². The fraction of sp³-hybridized carbons (Fsp3) is 0.591. The number of carbonyl (C=O) groups excluding carboxylic acids is 3. The molecule has 0 aliphatic heterocycles. The molecule has 29 heavy (non-hydrogen) atoms. The molecule has 0 atom stereocenters. The predicted molar refractivity (Wildman–Crippen MR) is 108 cm³/mol. The number of carbonyl (C=O) groups is 3. The van der Waals surface area contributed by atoms with Crippen LogP contribution in [0.25, 0.3) is 0 Å². The maximum Gasteiger partial charge on any atom is 0.338 e. The van der Waals surface area contributed by atoms with Gasteiger partial charge in [0.15, 0.2) is 0 Å². The number of hydrogen-bond acceptors (Lipinski definition) is 7. The van der Waals surface area contributed by atoms with Gasteiger partial charge in [-0.25, -0.2) is 4.79 Å². The molecule has 7 heteroatoms. The van der Waals surface area contributed by atoms with Gasteiger partial charge in [-0.05, 0) is 57.6 Å². The molecule has 0 fully saturated rings. The zero-order valence-electron chi connectivity index (χ0n) is 17.7. The van der Waals surface area contributed by atoms with Gasteiger partial charge in [-0.3, -0.25) is 9.59 Å². The molecule has 0 bridgehead atoms. The summed E-state index contributed by atoms with van der Waals surface area (Å²) < 4.78 is 20.9. The Morgan fingerprint density at radius 1 is 0.724 bits per heavy atom. The largest absolute Gasteiger partial charge is 0.493 e. The van der Waals surface area contributed by atoms with E-state index in [0.717, 1.165) is 44.1 Å². The smallest absolute Gasteiger partial charge is 0.338 e. The molecule has 0 saturated carbocycles. The zero-order chi connectivity index (χ0) is 21.5. The van der Waals surface area contributed by atoms with Crippen molar-refractivity contribution in [1.29, 1.82) is 0 Å². The van der Waals surface area contributed by atoms with Gasteiger partial charge in [0.2, 0.25) is 0 Å². The van der Waals surface area contributed by atoms with E-state index in [4.69, 9.17) is 18.9 Å². The first-order valence-electron chi connectivity index (χ1n) is 10.1. The highest BCUT2D eigenvalue weighted by Gasteiger charge is 2.13. The Bertz CT molecular complexity index is 655. The molecule has 1 aromatic rings. The first-order valence-corrected chi connectivity index (χ1v) is 10.1. The molecule has 1 aromatic carbocycles. The molecular weight excluding hydrogens is 376 g/mol. The average molecular weight is 408 g/mol. The first-order chi connectivity index (χ1) is 13.9. The molecule has 0 aliphatic rings. The molecule has 0 amide bonds. The summed E-state index contributed by atoms with van der Waals surface area (Å²) in [7, 11) is 0. The summed E-state index contributed by atoms with van der Waals surface area (Å²) in [6.07, 6.45) is 4.82. The highest BCUT2D eigenvalue weighted by atomic mass is 16.5. The van der Waals surface area contributed by atoms with Crippen LogP contribution in [0.5, 0.6) is 5.75 Å². The number of ether oxygens (including phenoxy) is 4. The third-order valence-corrected chi connectivity index (χ3v) is 4.18. The topological polar surface area (TPSA) is 88.1 Å². The van der Waals surface area contributed by atoms with Crippen molar-refractivity contribution in [1.82, 2.24) is 0 Å². The molecule has 0 heterocycles. The monoisotopic (exact) mass is 408 g/mol. The SMILES string of the molecule is CC(=O)OCCCCCOC(=O)c1cccc(OCCCCCOC(C)=O)c1C. The number of hydrogen-bond donors (Lipinski definition) is 0. The summed E-state index contributed by atoms with van der Waals surface area (Å²) in [5, 5.41) is 0. The van der Waals surface area contributed by atoms with Crippen molar-refractivity contribution in [3.05, 3.63) is 29.3 Å². The zero-order valence-corrected chi connectivity index (χ0v) is 17.7. The summed E-state index contributed by atoms with van der Waals surface area (Å²) >= 11 is 0. The molecule has 1 rings (SSSR count). The normalized spacial score (nSPS) is 10.3. The van der Waals surface area contributed by atoms with E-state index >= 15 is 0 Å². The van der Waals surface area contributed by atoms with E-state index in [1.54, 1.807) is 12.1 Å². The first kappa shape index (κ1) is 24.5. The summed E-state index contributed by atoms with van der Waals surface area (Å²) in [6, 6.07) is 5.34. The lowest BCUT2D eigenvalue weighted by atomic mass is 10.1. The van der Waals surface area contributed by atoms with Gasteiger partial charge in [-0.1, -0.05) is 6.07 Å². The molecule has 0 aromatic heterocycles. The van der Waals surface area contributed by atoms with Crippen molar-refractivity contribution in [2.45, 2.75) is 59.3 Å². The Hall–Kier alpha value is -2.57. The van der Waals surface area contributed by atoms with Crippen LogP contribution < -0.4 is 4.74 Å². The standard InChI is InChI=1S/C22H32O7/c1-17-20(22(25)29-16-9-5-7-14-27-19(3)24)11-10-12-21(17)28-15-8-4-6-13-26-18(2)23/h10-12H,4-9,13-16H2,1-3H3. The number of unbranched alkanes of at least 4 members (excludes halogenated alkanes) is 4. The molecule has 0 aliphatic carbocycles. The Labute approximate surface area is 172 Å². The van der Waals surface area contributed by atoms with Gasteiger partial charge in [0, 0.05) is 19.4 Å². The van der Waals surface area contributed by atoms with Gasteiger partial charge in [0.25, 0.3) is 0 Å². The van der Waals surface area contributed by atoms with E-state index in [-0.39, 0.29) is 17.9 Å². The van der Waals surface area contributed by atoms with Gasteiger partial charge >= 0.3 is 17.9 Å². The van der Waals surface area contributed by atoms with Crippen molar-refractivity contribution in [2.24, 2.45) is 0 Å². The fourth-order valence-corrected chi connectivity index (χ4v) is 2.61. The highest BCUT2D eigenvalue weighted by Crippen LogP contribution is 2.22. The molecule has 7 nitrogen and oxygen atoms in total. The second-order valence-corrected chi connectivity index (χ2v) is 6.71. The average Bonchev–Trinajstić information content (AvgIpc) is 2.67. The van der Waals surface area contributed by atoms with Crippen LogP contribution >= 0.6 is 0 Å². The maximum atomic E-state index is 12.3. The molecule has 0 saturated heterocycles. The maximum absolute atomic E-state index is 12.3. The highest BCUT2D eigenvalue weighted by molar-refractivity contribution is 5.91. The van der Waals surface area contributed by atoms with Gasteiger partial charge in [0.05, 0.1) is 32.0 Å². The Kier molecular flexibility index (Phi) is 12.2. The number of benzene rings is 1. The molecular formula is C22H32O7. The lowest BCUT2D eigenvalue weighted by Crippen LogP contribution is -2.10. The molecule has 0 unspecified atom stereocenters. The molecule has 0 spiro atoms. The third-order valence-electron chi connectivity index (χ3n) is 4.18. The second-order valence-electron chi connectivity index (χ2n) is 6.71. The van der Waals surface area contributed by atoms with Crippen LogP contribution in [0.2, 0.25) is 0 Å². The van der Waals surface area contributed by atoms with Crippen molar-refractivity contribution in [3.8, 4) is 5.75 Å². The van der Waals surface area contributed by atoms with E-state index in [9.17, 15) is 14.4 Å². The van der Waals surface area contributed by atoms with Crippen molar-refractivity contribution in [3.63, 3.8) is 0 Å².